The Hall–Kier alpha value is -1.43. The highest BCUT2D eigenvalue weighted by atomic mass is 16.5. The van der Waals surface area contributed by atoms with Crippen LogP contribution in [0.2, 0.25) is 0 Å². The molecule has 0 spiro atoms. The maximum absolute atomic E-state index is 12.1. The summed E-state index contributed by atoms with van der Waals surface area (Å²) in [4.78, 5) is 16.2. The fourth-order valence-electron chi connectivity index (χ4n) is 2.16. The minimum absolute atomic E-state index is 0.0763. The second kappa shape index (κ2) is 4.83. The highest BCUT2D eigenvalue weighted by Gasteiger charge is 2.39. The van der Waals surface area contributed by atoms with E-state index in [4.69, 9.17) is 4.52 Å². The molecule has 1 aliphatic heterocycles. The van der Waals surface area contributed by atoms with Crippen LogP contribution in [0.4, 0.5) is 0 Å². The zero-order valence-electron chi connectivity index (χ0n) is 10.2. The molecule has 0 aromatic carbocycles. The average Bonchev–Trinajstić information content (AvgIpc) is 2.95. The molecule has 0 aliphatic carbocycles. The van der Waals surface area contributed by atoms with Crippen molar-refractivity contribution in [3.8, 4) is 0 Å². The third-order valence-corrected chi connectivity index (χ3v) is 3.38. The Bertz CT molecular complexity index is 396. The van der Waals surface area contributed by atoms with Gasteiger partial charge in [-0.1, -0.05) is 12.1 Å². The molecular weight excluding hydrogens is 220 g/mol. The minimum atomic E-state index is -0.265. The number of hydrogen-bond donors (Lipinski definition) is 2. The fraction of sp³-hybridized carbons (Fsp3) is 0.727. The van der Waals surface area contributed by atoms with Crippen molar-refractivity contribution < 1.29 is 9.32 Å². The summed E-state index contributed by atoms with van der Waals surface area (Å²) >= 11 is 0. The first-order valence-electron chi connectivity index (χ1n) is 5.94. The molecule has 17 heavy (non-hydrogen) atoms. The van der Waals surface area contributed by atoms with Crippen LogP contribution >= 0.6 is 0 Å². The standard InChI is InChI=1S/C11H18N4O2/c1-3-11(4-5-12-7-11)10(16)13-6-9-14-8(2)17-15-9/h12H,3-7H2,1-2H3,(H,13,16). The van der Waals surface area contributed by atoms with Crippen LogP contribution in [0.3, 0.4) is 0 Å². The first kappa shape index (κ1) is 12.0. The topological polar surface area (TPSA) is 80.1 Å². The van der Waals surface area contributed by atoms with Crippen LogP contribution < -0.4 is 10.6 Å². The van der Waals surface area contributed by atoms with Gasteiger partial charge in [-0.25, -0.2) is 0 Å². The van der Waals surface area contributed by atoms with Crippen molar-refractivity contribution in [2.45, 2.75) is 33.2 Å². The fourth-order valence-corrected chi connectivity index (χ4v) is 2.16. The van der Waals surface area contributed by atoms with Gasteiger partial charge in [0.15, 0.2) is 5.82 Å². The van der Waals surface area contributed by atoms with E-state index in [1.54, 1.807) is 6.92 Å². The zero-order valence-corrected chi connectivity index (χ0v) is 10.2. The van der Waals surface area contributed by atoms with Crippen LogP contribution in [0, 0.1) is 12.3 Å². The van der Waals surface area contributed by atoms with E-state index >= 15 is 0 Å². The molecule has 2 heterocycles. The minimum Gasteiger partial charge on any atom is -0.348 e. The first-order chi connectivity index (χ1) is 8.16. The molecule has 1 fully saturated rings. The molecule has 0 bridgehead atoms. The Morgan fingerprint density at radius 3 is 3.00 bits per heavy atom. The van der Waals surface area contributed by atoms with Gasteiger partial charge < -0.3 is 15.2 Å². The van der Waals surface area contributed by atoms with Gasteiger partial charge in [0, 0.05) is 13.5 Å². The summed E-state index contributed by atoms with van der Waals surface area (Å²) in [5, 5.41) is 9.87. The van der Waals surface area contributed by atoms with Crippen LogP contribution in [0.15, 0.2) is 4.52 Å². The van der Waals surface area contributed by atoms with Gasteiger partial charge in [0.2, 0.25) is 11.8 Å². The van der Waals surface area contributed by atoms with Crippen LogP contribution in [-0.4, -0.2) is 29.1 Å². The van der Waals surface area contributed by atoms with Gasteiger partial charge in [-0.15, -0.1) is 0 Å². The molecule has 1 unspecified atom stereocenters. The van der Waals surface area contributed by atoms with E-state index in [1.807, 2.05) is 6.92 Å². The van der Waals surface area contributed by atoms with Crippen molar-refractivity contribution >= 4 is 5.91 Å². The number of carbonyl (C=O) groups is 1. The molecule has 94 valence electrons. The molecule has 1 aromatic heterocycles. The molecule has 6 nitrogen and oxygen atoms in total. The number of aryl methyl sites for hydroxylation is 1. The number of hydrogen-bond acceptors (Lipinski definition) is 5. The lowest BCUT2D eigenvalue weighted by atomic mass is 9.83. The third kappa shape index (κ3) is 2.46. The van der Waals surface area contributed by atoms with E-state index in [9.17, 15) is 4.79 Å². The van der Waals surface area contributed by atoms with Gasteiger partial charge >= 0.3 is 0 Å². The molecule has 0 radical (unpaired) electrons. The van der Waals surface area contributed by atoms with Gasteiger partial charge in [0.1, 0.15) is 0 Å². The lowest BCUT2D eigenvalue weighted by Gasteiger charge is -2.24. The molecule has 1 amide bonds. The van der Waals surface area contributed by atoms with Gasteiger partial charge in [-0.2, -0.15) is 4.98 Å². The van der Waals surface area contributed by atoms with E-state index < -0.39 is 0 Å². The summed E-state index contributed by atoms with van der Waals surface area (Å²) in [5.41, 5.74) is -0.265. The van der Waals surface area contributed by atoms with Crippen molar-refractivity contribution in [2.75, 3.05) is 13.1 Å². The summed E-state index contributed by atoms with van der Waals surface area (Å²) in [5.74, 6) is 1.11. The molecule has 1 saturated heterocycles. The monoisotopic (exact) mass is 238 g/mol. The smallest absolute Gasteiger partial charge is 0.227 e. The molecule has 6 heteroatoms. The maximum atomic E-state index is 12.1. The Kier molecular flexibility index (Phi) is 3.42. The van der Waals surface area contributed by atoms with E-state index in [1.165, 1.54) is 0 Å². The van der Waals surface area contributed by atoms with Gasteiger partial charge in [0.05, 0.1) is 12.0 Å². The van der Waals surface area contributed by atoms with Crippen molar-refractivity contribution in [1.29, 1.82) is 0 Å². The van der Waals surface area contributed by atoms with Crippen molar-refractivity contribution in [3.63, 3.8) is 0 Å². The average molecular weight is 238 g/mol. The second-order valence-electron chi connectivity index (χ2n) is 4.47. The zero-order chi connectivity index (χ0) is 12.3. The summed E-state index contributed by atoms with van der Waals surface area (Å²) in [6, 6.07) is 0. The Morgan fingerprint density at radius 2 is 2.47 bits per heavy atom. The second-order valence-corrected chi connectivity index (χ2v) is 4.47. The highest BCUT2D eigenvalue weighted by molar-refractivity contribution is 5.83. The molecule has 1 aliphatic rings. The number of rotatable bonds is 4. The van der Waals surface area contributed by atoms with Crippen molar-refractivity contribution in [3.05, 3.63) is 11.7 Å². The molecule has 1 atom stereocenters. The van der Waals surface area contributed by atoms with Crippen molar-refractivity contribution in [2.24, 2.45) is 5.41 Å². The number of nitrogens with zero attached hydrogens (tertiary/aromatic N) is 2. The lowest BCUT2D eigenvalue weighted by molar-refractivity contribution is -0.130. The number of carbonyl (C=O) groups excluding carboxylic acids is 1. The maximum Gasteiger partial charge on any atom is 0.227 e. The SMILES string of the molecule is CCC1(C(=O)NCc2noc(C)n2)CCNC1. The quantitative estimate of drug-likeness (QED) is 0.793. The number of aromatic nitrogens is 2. The largest absolute Gasteiger partial charge is 0.348 e. The number of nitrogens with one attached hydrogen (secondary N) is 2. The highest BCUT2D eigenvalue weighted by Crippen LogP contribution is 2.29. The van der Waals surface area contributed by atoms with Gasteiger partial charge in [0.25, 0.3) is 0 Å². The van der Waals surface area contributed by atoms with E-state index in [2.05, 4.69) is 20.8 Å². The lowest BCUT2D eigenvalue weighted by Crippen LogP contribution is -2.42. The third-order valence-electron chi connectivity index (χ3n) is 3.38. The summed E-state index contributed by atoms with van der Waals surface area (Å²) in [6.45, 7) is 5.76. The predicted octanol–water partition coefficient (Wildman–Crippen LogP) is 0.384. The summed E-state index contributed by atoms with van der Waals surface area (Å²) in [7, 11) is 0. The molecule has 1 aromatic rings. The first-order valence-corrected chi connectivity index (χ1v) is 5.94. The van der Waals surface area contributed by atoms with E-state index in [0.717, 1.165) is 25.9 Å². The summed E-state index contributed by atoms with van der Waals surface area (Å²) in [6.07, 6.45) is 1.73. The van der Waals surface area contributed by atoms with E-state index in [0.29, 0.717) is 18.3 Å². The molecule has 2 N–H and O–H groups in total. The molecular formula is C11H18N4O2. The van der Waals surface area contributed by atoms with Gasteiger partial charge in [-0.3, -0.25) is 4.79 Å². The van der Waals surface area contributed by atoms with Crippen LogP contribution in [0.5, 0.6) is 0 Å². The normalized spacial score (nSPS) is 23.9. The Morgan fingerprint density at radius 1 is 1.65 bits per heavy atom. The Labute approximate surface area is 100 Å². The van der Waals surface area contributed by atoms with Crippen LogP contribution in [0.1, 0.15) is 31.5 Å². The Balaban J connectivity index is 1.92. The summed E-state index contributed by atoms with van der Waals surface area (Å²) < 4.78 is 4.85. The van der Waals surface area contributed by atoms with E-state index in [-0.39, 0.29) is 11.3 Å². The number of amides is 1. The van der Waals surface area contributed by atoms with Crippen LogP contribution in [0.25, 0.3) is 0 Å². The molecule has 0 saturated carbocycles. The molecule has 2 rings (SSSR count). The predicted molar refractivity (Wildman–Crippen MR) is 61.1 cm³/mol. The van der Waals surface area contributed by atoms with Crippen molar-refractivity contribution in [1.82, 2.24) is 20.8 Å². The van der Waals surface area contributed by atoms with Crippen LogP contribution in [-0.2, 0) is 11.3 Å². The van der Waals surface area contributed by atoms with Gasteiger partial charge in [-0.05, 0) is 19.4 Å².